The summed E-state index contributed by atoms with van der Waals surface area (Å²) in [6, 6.07) is 6.73. The number of nitrogens with zero attached hydrogens (tertiary/aromatic N) is 3. The van der Waals surface area contributed by atoms with Crippen molar-refractivity contribution in [3.63, 3.8) is 0 Å². The number of methoxy groups -OCH3 is 1. The number of ether oxygens (including phenoxy) is 1. The van der Waals surface area contributed by atoms with Gasteiger partial charge in [0.05, 0.1) is 25.0 Å². The zero-order valence-corrected chi connectivity index (χ0v) is 13.6. The van der Waals surface area contributed by atoms with Gasteiger partial charge in [-0.2, -0.15) is 5.10 Å². The minimum atomic E-state index is -0.246. The van der Waals surface area contributed by atoms with Crippen molar-refractivity contribution in [2.75, 3.05) is 19.5 Å². The number of aromatic nitrogens is 2. The summed E-state index contributed by atoms with van der Waals surface area (Å²) in [4.78, 5) is 13.9. The van der Waals surface area contributed by atoms with Crippen LogP contribution in [0.4, 0.5) is 10.5 Å². The van der Waals surface area contributed by atoms with Crippen molar-refractivity contribution in [2.45, 2.75) is 20.0 Å². The van der Waals surface area contributed by atoms with E-state index >= 15 is 0 Å². The molecule has 0 aliphatic heterocycles. The van der Waals surface area contributed by atoms with Crippen LogP contribution in [0.25, 0.3) is 0 Å². The summed E-state index contributed by atoms with van der Waals surface area (Å²) < 4.78 is 7.07. The zero-order chi connectivity index (χ0) is 16.1. The largest absolute Gasteiger partial charge is 0.495 e. The highest BCUT2D eigenvalue weighted by molar-refractivity contribution is 6.31. The van der Waals surface area contributed by atoms with E-state index in [1.165, 1.54) is 0 Å². The van der Waals surface area contributed by atoms with Crippen LogP contribution in [-0.2, 0) is 13.1 Å². The second kappa shape index (κ2) is 7.17. The molecule has 0 bridgehead atoms. The summed E-state index contributed by atoms with van der Waals surface area (Å²) in [5, 5.41) is 7.52. The molecular weight excluding hydrogens is 304 g/mol. The van der Waals surface area contributed by atoms with Gasteiger partial charge in [-0.05, 0) is 31.2 Å². The Morgan fingerprint density at radius 3 is 2.91 bits per heavy atom. The Labute approximate surface area is 134 Å². The highest BCUT2D eigenvalue weighted by Gasteiger charge is 2.14. The summed E-state index contributed by atoms with van der Waals surface area (Å²) >= 11 is 5.96. The predicted molar refractivity (Wildman–Crippen MR) is 86.4 cm³/mol. The minimum absolute atomic E-state index is 0.246. The lowest BCUT2D eigenvalue weighted by molar-refractivity contribution is 0.219. The fourth-order valence-electron chi connectivity index (χ4n) is 2.08. The van der Waals surface area contributed by atoms with Crippen molar-refractivity contribution in [2.24, 2.45) is 0 Å². The Morgan fingerprint density at radius 2 is 2.23 bits per heavy atom. The number of benzene rings is 1. The van der Waals surface area contributed by atoms with E-state index in [4.69, 9.17) is 16.3 Å². The molecule has 1 aromatic heterocycles. The third kappa shape index (κ3) is 3.71. The molecule has 0 aliphatic carbocycles. The smallest absolute Gasteiger partial charge is 0.322 e. The molecule has 2 aromatic rings. The third-order valence-electron chi connectivity index (χ3n) is 3.25. The number of urea groups is 1. The molecule has 2 amide bonds. The normalized spacial score (nSPS) is 10.4. The first-order chi connectivity index (χ1) is 10.5. The van der Waals surface area contributed by atoms with Crippen LogP contribution in [0.3, 0.4) is 0 Å². The molecule has 1 N–H and O–H groups in total. The van der Waals surface area contributed by atoms with Crippen molar-refractivity contribution in [1.29, 1.82) is 0 Å². The lowest BCUT2D eigenvalue weighted by Crippen LogP contribution is -2.31. The highest BCUT2D eigenvalue weighted by atomic mass is 35.5. The molecule has 1 heterocycles. The van der Waals surface area contributed by atoms with E-state index in [9.17, 15) is 4.79 Å². The molecule has 0 unspecified atom stereocenters. The van der Waals surface area contributed by atoms with E-state index in [-0.39, 0.29) is 6.03 Å². The Kier molecular flexibility index (Phi) is 5.27. The summed E-state index contributed by atoms with van der Waals surface area (Å²) in [6.07, 6.45) is 1.73. The van der Waals surface area contributed by atoms with Gasteiger partial charge in [-0.3, -0.25) is 4.68 Å². The second-order valence-corrected chi connectivity index (χ2v) is 5.21. The Morgan fingerprint density at radius 1 is 1.45 bits per heavy atom. The molecule has 6 nitrogen and oxygen atoms in total. The van der Waals surface area contributed by atoms with Crippen molar-refractivity contribution in [3.8, 4) is 5.75 Å². The number of carbonyl (C=O) groups excluding carboxylic acids is 1. The van der Waals surface area contributed by atoms with Gasteiger partial charge in [0.15, 0.2) is 0 Å². The van der Waals surface area contributed by atoms with Gasteiger partial charge in [-0.15, -0.1) is 0 Å². The lowest BCUT2D eigenvalue weighted by Gasteiger charge is -2.19. The van der Waals surface area contributed by atoms with Crippen molar-refractivity contribution >= 4 is 23.3 Å². The van der Waals surface area contributed by atoms with Crippen LogP contribution < -0.4 is 10.1 Å². The van der Waals surface area contributed by atoms with Crippen molar-refractivity contribution in [3.05, 3.63) is 41.2 Å². The molecule has 0 saturated carbocycles. The quantitative estimate of drug-likeness (QED) is 0.919. The molecule has 0 spiro atoms. The molecule has 0 radical (unpaired) electrons. The second-order valence-electron chi connectivity index (χ2n) is 4.77. The summed E-state index contributed by atoms with van der Waals surface area (Å²) in [6.45, 7) is 3.23. The molecule has 0 fully saturated rings. The molecule has 118 valence electrons. The maximum atomic E-state index is 12.3. The van der Waals surface area contributed by atoms with Crippen LogP contribution >= 0.6 is 11.6 Å². The fraction of sp³-hybridized carbons (Fsp3) is 0.333. The molecule has 22 heavy (non-hydrogen) atoms. The standard InChI is InChI=1S/C15H19ClN4O2/c1-4-20-12(7-8-17-20)10-19(2)15(21)18-13-9-11(16)5-6-14(13)22-3/h5-9H,4,10H2,1-3H3,(H,18,21). The number of anilines is 1. The minimum Gasteiger partial charge on any atom is -0.495 e. The molecule has 2 rings (SSSR count). The number of halogens is 1. The first-order valence-electron chi connectivity index (χ1n) is 6.91. The van der Waals surface area contributed by atoms with Gasteiger partial charge in [-0.25, -0.2) is 4.79 Å². The summed E-state index contributed by atoms with van der Waals surface area (Å²) in [7, 11) is 3.27. The van der Waals surface area contributed by atoms with E-state index < -0.39 is 0 Å². The summed E-state index contributed by atoms with van der Waals surface area (Å²) in [5.74, 6) is 0.560. The Balaban J connectivity index is 2.07. The van der Waals surface area contributed by atoms with Gasteiger partial charge in [0.2, 0.25) is 0 Å². The van der Waals surface area contributed by atoms with E-state index in [0.29, 0.717) is 23.0 Å². The van der Waals surface area contributed by atoms with Crippen LogP contribution in [0.2, 0.25) is 5.02 Å². The number of amides is 2. The van der Waals surface area contributed by atoms with E-state index in [1.54, 1.807) is 43.5 Å². The van der Waals surface area contributed by atoms with Crippen LogP contribution in [0.5, 0.6) is 5.75 Å². The number of hydrogen-bond donors (Lipinski definition) is 1. The Bertz CT molecular complexity index is 657. The summed E-state index contributed by atoms with van der Waals surface area (Å²) in [5.41, 5.74) is 1.51. The van der Waals surface area contributed by atoms with Gasteiger partial charge in [0.1, 0.15) is 5.75 Å². The SMILES string of the molecule is CCn1nccc1CN(C)C(=O)Nc1cc(Cl)ccc1OC. The number of rotatable bonds is 5. The predicted octanol–water partition coefficient (Wildman–Crippen LogP) is 3.23. The van der Waals surface area contributed by atoms with Gasteiger partial charge in [-0.1, -0.05) is 11.6 Å². The molecular formula is C15H19ClN4O2. The molecule has 0 aliphatic rings. The highest BCUT2D eigenvalue weighted by Crippen LogP contribution is 2.27. The topological polar surface area (TPSA) is 59.4 Å². The first-order valence-corrected chi connectivity index (χ1v) is 7.29. The van der Waals surface area contributed by atoms with Crippen molar-refractivity contribution < 1.29 is 9.53 Å². The molecule has 1 aromatic carbocycles. The zero-order valence-electron chi connectivity index (χ0n) is 12.8. The van der Waals surface area contributed by atoms with Gasteiger partial charge < -0.3 is 15.0 Å². The molecule has 0 saturated heterocycles. The first kappa shape index (κ1) is 16.2. The maximum Gasteiger partial charge on any atom is 0.322 e. The monoisotopic (exact) mass is 322 g/mol. The average Bonchev–Trinajstić information content (AvgIpc) is 2.94. The van der Waals surface area contributed by atoms with E-state index in [0.717, 1.165) is 12.2 Å². The van der Waals surface area contributed by atoms with Gasteiger partial charge >= 0.3 is 6.03 Å². The average molecular weight is 323 g/mol. The van der Waals surface area contributed by atoms with Gasteiger partial charge in [0, 0.05) is 24.8 Å². The van der Waals surface area contributed by atoms with Crippen molar-refractivity contribution in [1.82, 2.24) is 14.7 Å². The third-order valence-corrected chi connectivity index (χ3v) is 3.49. The number of carbonyl (C=O) groups is 1. The maximum absolute atomic E-state index is 12.3. The van der Waals surface area contributed by atoms with Crippen LogP contribution in [-0.4, -0.2) is 34.9 Å². The lowest BCUT2D eigenvalue weighted by atomic mass is 10.3. The van der Waals surface area contributed by atoms with Gasteiger partial charge in [0.25, 0.3) is 0 Å². The van der Waals surface area contributed by atoms with E-state index in [1.807, 2.05) is 17.7 Å². The Hall–Kier alpha value is -2.21. The van der Waals surface area contributed by atoms with Crippen LogP contribution in [0.1, 0.15) is 12.6 Å². The molecule has 7 heteroatoms. The van der Waals surface area contributed by atoms with E-state index in [2.05, 4.69) is 10.4 Å². The number of aryl methyl sites for hydroxylation is 1. The number of hydrogen-bond acceptors (Lipinski definition) is 3. The number of nitrogens with one attached hydrogen (secondary N) is 1. The van der Waals surface area contributed by atoms with Crippen LogP contribution in [0.15, 0.2) is 30.5 Å². The fourth-order valence-corrected chi connectivity index (χ4v) is 2.25. The van der Waals surface area contributed by atoms with Crippen LogP contribution in [0, 0.1) is 0 Å². The molecule has 0 atom stereocenters.